The van der Waals surface area contributed by atoms with Crippen molar-refractivity contribution in [1.29, 1.82) is 0 Å². The summed E-state index contributed by atoms with van der Waals surface area (Å²) in [6.45, 7) is 8.03. The first kappa shape index (κ1) is 10.7. The fourth-order valence-corrected chi connectivity index (χ4v) is 1.90. The summed E-state index contributed by atoms with van der Waals surface area (Å²) < 4.78 is 0. The maximum Gasteiger partial charge on any atom is 0.0618 e. The zero-order valence-corrected chi connectivity index (χ0v) is 10.4. The first-order chi connectivity index (χ1) is 7.49. The van der Waals surface area contributed by atoms with Crippen LogP contribution >= 0.6 is 0 Å². The van der Waals surface area contributed by atoms with Crippen LogP contribution in [0.1, 0.15) is 22.8 Å². The molecule has 2 aromatic rings. The molecule has 0 aliphatic carbocycles. The highest BCUT2D eigenvalue weighted by Crippen LogP contribution is 2.06. The van der Waals surface area contributed by atoms with E-state index in [1.165, 1.54) is 0 Å². The van der Waals surface area contributed by atoms with Gasteiger partial charge in [-0.1, -0.05) is 0 Å². The van der Waals surface area contributed by atoms with Crippen molar-refractivity contribution in [3.8, 4) is 0 Å². The second-order valence-electron chi connectivity index (χ2n) is 4.12. The Morgan fingerprint density at radius 1 is 0.875 bits per heavy atom. The van der Waals surface area contributed by atoms with Crippen molar-refractivity contribution in [3.05, 3.63) is 34.9 Å². The van der Waals surface area contributed by atoms with Crippen LogP contribution in [0.2, 0.25) is 0 Å². The molecule has 2 aromatic heterocycles. The van der Waals surface area contributed by atoms with Crippen LogP contribution in [-0.4, -0.2) is 26.8 Å². The predicted octanol–water partition coefficient (Wildman–Crippen LogP) is 1.34. The average Bonchev–Trinajstić information content (AvgIpc) is 2.68. The Balaban J connectivity index is 2.42. The van der Waals surface area contributed by atoms with E-state index in [1.54, 1.807) is 0 Å². The molecular formula is C11H17N5. The molecule has 0 saturated carbocycles. The third kappa shape index (κ3) is 1.68. The monoisotopic (exact) mass is 219 g/mol. The molecule has 0 N–H and O–H groups in total. The van der Waals surface area contributed by atoms with E-state index in [9.17, 15) is 0 Å². The SMILES string of the molecule is Cc1cc(C)n(N(C)n2nc(C)cc2C)n1. The summed E-state index contributed by atoms with van der Waals surface area (Å²) in [5.41, 5.74) is 4.19. The van der Waals surface area contributed by atoms with Crippen molar-refractivity contribution in [2.45, 2.75) is 27.7 Å². The Hall–Kier alpha value is -1.78. The number of hydrogen-bond donors (Lipinski definition) is 0. The van der Waals surface area contributed by atoms with Crippen LogP contribution in [0, 0.1) is 27.7 Å². The van der Waals surface area contributed by atoms with Crippen molar-refractivity contribution in [2.24, 2.45) is 0 Å². The van der Waals surface area contributed by atoms with E-state index in [0.717, 1.165) is 22.8 Å². The van der Waals surface area contributed by atoms with Gasteiger partial charge in [-0.05, 0) is 39.8 Å². The highest BCUT2D eigenvalue weighted by molar-refractivity contribution is 5.12. The molecule has 0 amide bonds. The first-order valence-electron chi connectivity index (χ1n) is 5.30. The molecule has 2 heterocycles. The van der Waals surface area contributed by atoms with Gasteiger partial charge in [0.1, 0.15) is 0 Å². The van der Waals surface area contributed by atoms with Gasteiger partial charge < -0.3 is 0 Å². The minimum Gasteiger partial charge on any atom is -0.188 e. The van der Waals surface area contributed by atoms with Crippen LogP contribution in [0.25, 0.3) is 0 Å². The number of hydrogen-bond acceptors (Lipinski definition) is 3. The lowest BCUT2D eigenvalue weighted by atomic mass is 10.4. The molecule has 16 heavy (non-hydrogen) atoms. The fraction of sp³-hybridized carbons (Fsp3) is 0.455. The van der Waals surface area contributed by atoms with E-state index in [4.69, 9.17) is 0 Å². The van der Waals surface area contributed by atoms with Gasteiger partial charge in [0.2, 0.25) is 0 Å². The topological polar surface area (TPSA) is 38.9 Å². The van der Waals surface area contributed by atoms with Crippen LogP contribution in [0.4, 0.5) is 0 Å². The normalized spacial score (nSPS) is 10.8. The molecule has 0 spiro atoms. The van der Waals surface area contributed by atoms with Gasteiger partial charge in [-0.3, -0.25) is 0 Å². The van der Waals surface area contributed by atoms with Crippen molar-refractivity contribution in [1.82, 2.24) is 19.8 Å². The van der Waals surface area contributed by atoms with E-state index < -0.39 is 0 Å². The molecule has 5 nitrogen and oxygen atoms in total. The second kappa shape index (κ2) is 3.66. The molecule has 0 aromatic carbocycles. The molecule has 0 unspecified atom stereocenters. The summed E-state index contributed by atoms with van der Waals surface area (Å²) in [4.78, 5) is 3.68. The van der Waals surface area contributed by atoms with Crippen molar-refractivity contribution in [3.63, 3.8) is 0 Å². The Labute approximate surface area is 95.2 Å². The van der Waals surface area contributed by atoms with Crippen LogP contribution in [0.15, 0.2) is 12.1 Å². The van der Waals surface area contributed by atoms with Crippen LogP contribution in [-0.2, 0) is 0 Å². The number of nitrogens with zero attached hydrogens (tertiary/aromatic N) is 5. The molecule has 0 radical (unpaired) electrons. The smallest absolute Gasteiger partial charge is 0.0618 e. The summed E-state index contributed by atoms with van der Waals surface area (Å²) >= 11 is 0. The van der Waals surface area contributed by atoms with Crippen LogP contribution < -0.4 is 5.12 Å². The third-order valence-electron chi connectivity index (χ3n) is 2.52. The fourth-order valence-electron chi connectivity index (χ4n) is 1.90. The average molecular weight is 219 g/mol. The standard InChI is InChI=1S/C11H17N5/c1-8-6-10(3)15(12-8)14(5)16-11(4)7-9(2)13-16/h6-7H,1-5H3. The minimum absolute atomic E-state index is 1.01. The zero-order chi connectivity index (χ0) is 11.9. The number of rotatable bonds is 2. The van der Waals surface area contributed by atoms with Gasteiger partial charge in [0.15, 0.2) is 0 Å². The van der Waals surface area contributed by atoms with Gasteiger partial charge in [0, 0.05) is 7.05 Å². The maximum atomic E-state index is 4.42. The molecule has 0 saturated heterocycles. The summed E-state index contributed by atoms with van der Waals surface area (Å²) in [5.74, 6) is 0. The molecule has 2 rings (SSSR count). The van der Waals surface area contributed by atoms with Crippen molar-refractivity contribution >= 4 is 0 Å². The molecule has 5 heteroatoms. The van der Waals surface area contributed by atoms with Gasteiger partial charge in [-0.2, -0.15) is 24.9 Å². The van der Waals surface area contributed by atoms with Crippen LogP contribution in [0.3, 0.4) is 0 Å². The number of aryl methyl sites for hydroxylation is 4. The van der Waals surface area contributed by atoms with Gasteiger partial charge in [0.25, 0.3) is 0 Å². The maximum absolute atomic E-state index is 4.42. The Morgan fingerprint density at radius 2 is 1.25 bits per heavy atom. The summed E-state index contributed by atoms with van der Waals surface area (Å²) in [7, 11) is 1.94. The Morgan fingerprint density at radius 3 is 1.50 bits per heavy atom. The van der Waals surface area contributed by atoms with E-state index >= 15 is 0 Å². The van der Waals surface area contributed by atoms with Gasteiger partial charge in [-0.25, -0.2) is 0 Å². The minimum atomic E-state index is 1.01. The van der Waals surface area contributed by atoms with Crippen LogP contribution in [0.5, 0.6) is 0 Å². The molecule has 0 atom stereocenters. The molecule has 0 bridgehead atoms. The lowest BCUT2D eigenvalue weighted by Crippen LogP contribution is -2.38. The summed E-state index contributed by atoms with van der Waals surface area (Å²) in [6.07, 6.45) is 0. The number of aromatic nitrogens is 4. The van der Waals surface area contributed by atoms with E-state index in [1.807, 2.05) is 61.6 Å². The molecule has 0 aliphatic heterocycles. The quantitative estimate of drug-likeness (QED) is 0.765. The van der Waals surface area contributed by atoms with Crippen molar-refractivity contribution in [2.75, 3.05) is 12.2 Å². The molecule has 86 valence electrons. The summed E-state index contributed by atoms with van der Waals surface area (Å²) in [6, 6.07) is 4.09. The third-order valence-corrected chi connectivity index (χ3v) is 2.52. The summed E-state index contributed by atoms with van der Waals surface area (Å²) in [5, 5.41) is 10.7. The molecular weight excluding hydrogens is 202 g/mol. The highest BCUT2D eigenvalue weighted by atomic mass is 15.9. The van der Waals surface area contributed by atoms with Gasteiger partial charge in [-0.15, -0.1) is 0 Å². The van der Waals surface area contributed by atoms with Gasteiger partial charge in [0.05, 0.1) is 22.8 Å². The first-order valence-corrected chi connectivity index (χ1v) is 5.30. The lowest BCUT2D eigenvalue weighted by Gasteiger charge is -2.21. The van der Waals surface area contributed by atoms with Gasteiger partial charge >= 0.3 is 0 Å². The Bertz CT molecular complexity index is 462. The second-order valence-corrected chi connectivity index (χ2v) is 4.12. The highest BCUT2D eigenvalue weighted by Gasteiger charge is 2.10. The van der Waals surface area contributed by atoms with E-state index in [2.05, 4.69) is 10.2 Å². The largest absolute Gasteiger partial charge is 0.188 e. The zero-order valence-electron chi connectivity index (χ0n) is 10.4. The van der Waals surface area contributed by atoms with E-state index in [-0.39, 0.29) is 0 Å². The Kier molecular flexibility index (Phi) is 2.46. The molecule has 0 aliphatic rings. The van der Waals surface area contributed by atoms with E-state index in [0.29, 0.717) is 0 Å². The molecule has 0 fully saturated rings. The van der Waals surface area contributed by atoms with Crippen molar-refractivity contribution < 1.29 is 0 Å². The predicted molar refractivity (Wildman–Crippen MR) is 62.9 cm³/mol. The lowest BCUT2D eigenvalue weighted by molar-refractivity contribution is 0.454.